The molecule has 0 aromatic heterocycles. The molecule has 0 spiro atoms. The Balaban J connectivity index is 3.58. The summed E-state index contributed by atoms with van der Waals surface area (Å²) in [6, 6.07) is 0. The van der Waals surface area contributed by atoms with Crippen LogP contribution in [0.15, 0.2) is 0 Å². The van der Waals surface area contributed by atoms with Crippen molar-refractivity contribution in [1.29, 1.82) is 0 Å². The summed E-state index contributed by atoms with van der Waals surface area (Å²) in [6.45, 7) is 7.90. The van der Waals surface area contributed by atoms with Gasteiger partial charge >= 0.3 is 15.1 Å². The molecule has 0 saturated heterocycles. The Morgan fingerprint density at radius 3 is 1.45 bits per heavy atom. The Bertz CT molecular complexity index is 85.7. The first-order valence-electron chi connectivity index (χ1n) is 3.90. The van der Waals surface area contributed by atoms with Crippen molar-refractivity contribution in [3.8, 4) is 0 Å². The molecule has 0 atom stereocenters. The Kier molecular flexibility index (Phi) is 6.21. The Labute approximate surface area is 74.0 Å². The second kappa shape index (κ2) is 5.99. The van der Waals surface area contributed by atoms with Crippen LogP contribution in [0.3, 0.4) is 0 Å². The standard InChI is InChI=1S/2C3H7O.CH3O.Al/c2*1-3(2)4;1-2;/h2*3H,1-2H3;1H3;/q3*-1;+3. The lowest BCUT2D eigenvalue weighted by molar-refractivity contribution is 0.0642. The van der Waals surface area contributed by atoms with E-state index >= 15 is 0 Å². The predicted octanol–water partition coefficient (Wildman–Crippen LogP) is 1.47. The van der Waals surface area contributed by atoms with Crippen LogP contribution in [-0.4, -0.2) is 34.5 Å². The quantitative estimate of drug-likeness (QED) is 0.593. The van der Waals surface area contributed by atoms with Gasteiger partial charge in [0.15, 0.2) is 0 Å². The molecule has 3 nitrogen and oxygen atoms in total. The SMILES string of the molecule is C[O][Al]([O]C(C)C)[O]C(C)C. The van der Waals surface area contributed by atoms with Gasteiger partial charge in [-0.15, -0.1) is 0 Å². The second-order valence-corrected chi connectivity index (χ2v) is 4.49. The molecular formula is C7H17AlO3. The molecule has 0 aliphatic carbocycles. The third-order valence-corrected chi connectivity index (χ3v) is 2.88. The van der Waals surface area contributed by atoms with Gasteiger partial charge in [0.1, 0.15) is 0 Å². The average molecular weight is 176 g/mol. The lowest BCUT2D eigenvalue weighted by Crippen LogP contribution is -2.31. The van der Waals surface area contributed by atoms with Crippen LogP contribution in [0.2, 0.25) is 0 Å². The molecule has 0 saturated carbocycles. The number of hydrogen-bond donors (Lipinski definition) is 0. The minimum Gasteiger partial charge on any atom is -0.457 e. The zero-order valence-corrected chi connectivity index (χ0v) is 9.11. The van der Waals surface area contributed by atoms with Gasteiger partial charge in [-0.25, -0.2) is 0 Å². The fourth-order valence-electron chi connectivity index (χ4n) is 0.588. The highest BCUT2D eigenvalue weighted by atomic mass is 27.3. The van der Waals surface area contributed by atoms with Crippen molar-refractivity contribution in [3.63, 3.8) is 0 Å². The Hall–Kier alpha value is 0.412. The minimum atomic E-state index is -1.83. The van der Waals surface area contributed by atoms with Crippen molar-refractivity contribution in [2.24, 2.45) is 0 Å². The van der Waals surface area contributed by atoms with Crippen molar-refractivity contribution in [3.05, 3.63) is 0 Å². The lowest BCUT2D eigenvalue weighted by atomic mass is 10.5. The van der Waals surface area contributed by atoms with Crippen LogP contribution in [0.4, 0.5) is 0 Å². The van der Waals surface area contributed by atoms with Crippen LogP contribution >= 0.6 is 0 Å². The molecule has 0 aromatic rings. The summed E-state index contributed by atoms with van der Waals surface area (Å²) in [6.07, 6.45) is 0.371. The molecule has 0 bridgehead atoms. The van der Waals surface area contributed by atoms with Crippen molar-refractivity contribution in [2.45, 2.75) is 39.9 Å². The molecule has 4 heteroatoms. The van der Waals surface area contributed by atoms with Crippen LogP contribution in [0.5, 0.6) is 0 Å². The van der Waals surface area contributed by atoms with Crippen LogP contribution < -0.4 is 0 Å². The molecule has 0 rings (SSSR count). The van der Waals surface area contributed by atoms with E-state index in [0.29, 0.717) is 0 Å². The smallest absolute Gasteiger partial charge is 0.457 e. The zero-order valence-electron chi connectivity index (χ0n) is 7.96. The van der Waals surface area contributed by atoms with Gasteiger partial charge in [-0.1, -0.05) is 0 Å². The van der Waals surface area contributed by atoms with E-state index in [0.717, 1.165) is 0 Å². The van der Waals surface area contributed by atoms with E-state index in [4.69, 9.17) is 11.4 Å². The van der Waals surface area contributed by atoms with Gasteiger partial charge in [-0.3, -0.25) is 0 Å². The first kappa shape index (κ1) is 11.4. The van der Waals surface area contributed by atoms with Crippen molar-refractivity contribution in [1.82, 2.24) is 0 Å². The Morgan fingerprint density at radius 2 is 1.27 bits per heavy atom. The van der Waals surface area contributed by atoms with E-state index in [-0.39, 0.29) is 12.2 Å². The van der Waals surface area contributed by atoms with Gasteiger partial charge < -0.3 is 11.4 Å². The van der Waals surface area contributed by atoms with Gasteiger partial charge in [-0.05, 0) is 27.7 Å². The molecule has 0 aliphatic heterocycles. The molecule has 11 heavy (non-hydrogen) atoms. The zero-order chi connectivity index (χ0) is 8.85. The van der Waals surface area contributed by atoms with Gasteiger partial charge in [0, 0.05) is 19.3 Å². The molecule has 0 N–H and O–H groups in total. The van der Waals surface area contributed by atoms with E-state index in [1.165, 1.54) is 0 Å². The van der Waals surface area contributed by atoms with E-state index in [1.807, 2.05) is 27.7 Å². The van der Waals surface area contributed by atoms with E-state index in [2.05, 4.69) is 0 Å². The highest BCUT2D eigenvalue weighted by Crippen LogP contribution is 1.99. The van der Waals surface area contributed by atoms with Gasteiger partial charge in [0.25, 0.3) is 0 Å². The van der Waals surface area contributed by atoms with Crippen molar-refractivity contribution in [2.75, 3.05) is 7.11 Å². The molecule has 0 aromatic carbocycles. The summed E-state index contributed by atoms with van der Waals surface area (Å²) in [5, 5.41) is 0. The summed E-state index contributed by atoms with van der Waals surface area (Å²) in [5.41, 5.74) is 0. The fourth-order valence-corrected chi connectivity index (χ4v) is 1.76. The molecule has 0 radical (unpaired) electrons. The maximum atomic E-state index is 5.40. The molecular weight excluding hydrogens is 159 g/mol. The van der Waals surface area contributed by atoms with Crippen molar-refractivity contribution >= 4 is 15.1 Å². The van der Waals surface area contributed by atoms with E-state index in [9.17, 15) is 0 Å². The number of hydrogen-bond acceptors (Lipinski definition) is 3. The molecule has 0 heterocycles. The first-order valence-corrected chi connectivity index (χ1v) is 5.31. The third kappa shape index (κ3) is 6.80. The van der Waals surface area contributed by atoms with E-state index < -0.39 is 15.1 Å². The monoisotopic (exact) mass is 176 g/mol. The highest BCUT2D eigenvalue weighted by Gasteiger charge is 2.31. The van der Waals surface area contributed by atoms with Crippen LogP contribution in [0.1, 0.15) is 27.7 Å². The summed E-state index contributed by atoms with van der Waals surface area (Å²) >= 11 is -1.83. The fraction of sp³-hybridized carbons (Fsp3) is 1.00. The minimum absolute atomic E-state index is 0.186. The molecule has 0 unspecified atom stereocenters. The molecule has 0 fully saturated rings. The summed E-state index contributed by atoms with van der Waals surface area (Å²) in [7, 11) is 1.63. The highest BCUT2D eigenvalue weighted by molar-refractivity contribution is 6.36. The molecule has 0 amide bonds. The van der Waals surface area contributed by atoms with Gasteiger partial charge in [-0.2, -0.15) is 0 Å². The average Bonchev–Trinajstić information content (AvgIpc) is 1.84. The second-order valence-electron chi connectivity index (χ2n) is 2.89. The van der Waals surface area contributed by atoms with Crippen LogP contribution in [0, 0.1) is 0 Å². The van der Waals surface area contributed by atoms with Crippen LogP contribution in [0.25, 0.3) is 0 Å². The van der Waals surface area contributed by atoms with Gasteiger partial charge in [0.2, 0.25) is 0 Å². The first-order chi connectivity index (χ1) is 5.06. The number of rotatable bonds is 5. The lowest BCUT2D eigenvalue weighted by Gasteiger charge is -2.15. The van der Waals surface area contributed by atoms with Crippen LogP contribution in [-0.2, 0) is 11.4 Å². The maximum absolute atomic E-state index is 5.40. The normalized spacial score (nSPS) is 11.2. The molecule has 66 valence electrons. The van der Waals surface area contributed by atoms with E-state index in [1.54, 1.807) is 7.11 Å². The summed E-state index contributed by atoms with van der Waals surface area (Å²) in [4.78, 5) is 0. The summed E-state index contributed by atoms with van der Waals surface area (Å²) < 4.78 is 15.9. The third-order valence-electron chi connectivity index (χ3n) is 0.959. The van der Waals surface area contributed by atoms with Crippen molar-refractivity contribution < 1.29 is 11.4 Å². The Morgan fingerprint density at radius 1 is 0.909 bits per heavy atom. The molecule has 0 aliphatic rings. The topological polar surface area (TPSA) is 27.7 Å². The largest absolute Gasteiger partial charge is 0.905 e. The summed E-state index contributed by atoms with van der Waals surface area (Å²) in [5.74, 6) is 0. The predicted molar refractivity (Wildman–Crippen MR) is 45.2 cm³/mol. The van der Waals surface area contributed by atoms with Gasteiger partial charge in [0.05, 0.1) is 0 Å². The maximum Gasteiger partial charge on any atom is 0.905 e.